The lowest BCUT2D eigenvalue weighted by Crippen LogP contribution is -2.38. The van der Waals surface area contributed by atoms with E-state index >= 15 is 0 Å². The second kappa shape index (κ2) is 8.81. The average molecular weight is 448 g/mol. The van der Waals surface area contributed by atoms with Gasteiger partial charge in [0.05, 0.1) is 0 Å². The molecule has 1 fully saturated rings. The fourth-order valence-corrected chi connectivity index (χ4v) is 3.51. The van der Waals surface area contributed by atoms with Gasteiger partial charge in [0.15, 0.2) is 11.5 Å². The molecule has 0 bridgehead atoms. The van der Waals surface area contributed by atoms with Gasteiger partial charge in [0, 0.05) is 48.7 Å². The van der Waals surface area contributed by atoms with E-state index in [0.29, 0.717) is 42.9 Å². The number of nitrogens with one attached hydrogen (secondary N) is 2. The summed E-state index contributed by atoms with van der Waals surface area (Å²) in [5, 5.41) is 12.2. The lowest BCUT2D eigenvalue weighted by molar-refractivity contribution is -0.123. The second-order valence-corrected chi connectivity index (χ2v) is 7.39. The van der Waals surface area contributed by atoms with Gasteiger partial charge in [0.2, 0.25) is 0 Å². The Bertz CT molecular complexity index is 1090. The molecule has 3 aromatic rings. The summed E-state index contributed by atoms with van der Waals surface area (Å²) in [6.07, 6.45) is -0.0392. The van der Waals surface area contributed by atoms with E-state index in [1.165, 1.54) is 6.07 Å². The lowest BCUT2D eigenvalue weighted by atomic mass is 9.93. The molecule has 0 atom stereocenters. The van der Waals surface area contributed by atoms with Gasteiger partial charge in [-0.05, 0) is 31.0 Å². The van der Waals surface area contributed by atoms with Crippen molar-refractivity contribution in [3.05, 3.63) is 53.7 Å². The van der Waals surface area contributed by atoms with Crippen LogP contribution in [0.3, 0.4) is 0 Å². The van der Waals surface area contributed by atoms with Crippen LogP contribution in [0.4, 0.5) is 13.2 Å². The highest BCUT2D eigenvalue weighted by Gasteiger charge is 2.30. The SMILES string of the molecule is O=C(NCC(F)(F)F)c1cc(C2CCN(C(=O)c3cc(-c4cccnc4)on3)CC2)[nH]n1. The van der Waals surface area contributed by atoms with E-state index in [2.05, 4.69) is 20.3 Å². The summed E-state index contributed by atoms with van der Waals surface area (Å²) >= 11 is 0. The van der Waals surface area contributed by atoms with Crippen LogP contribution in [-0.2, 0) is 0 Å². The van der Waals surface area contributed by atoms with Crippen LogP contribution < -0.4 is 5.32 Å². The highest BCUT2D eigenvalue weighted by molar-refractivity contribution is 5.93. The third kappa shape index (κ3) is 4.95. The number of amides is 2. The number of likely N-dealkylation sites (tertiary alicyclic amines) is 1. The number of hydrogen-bond acceptors (Lipinski definition) is 6. The van der Waals surface area contributed by atoms with Gasteiger partial charge in [-0.25, -0.2) is 0 Å². The first-order valence-corrected chi connectivity index (χ1v) is 9.87. The fourth-order valence-electron chi connectivity index (χ4n) is 3.51. The first-order valence-electron chi connectivity index (χ1n) is 9.87. The van der Waals surface area contributed by atoms with Crippen LogP contribution in [0.15, 0.2) is 41.2 Å². The van der Waals surface area contributed by atoms with E-state index < -0.39 is 18.6 Å². The number of hydrogen-bond donors (Lipinski definition) is 2. The van der Waals surface area contributed by atoms with Gasteiger partial charge in [-0.1, -0.05) is 5.16 Å². The highest BCUT2D eigenvalue weighted by atomic mass is 19.4. The van der Waals surface area contributed by atoms with Crippen molar-refractivity contribution in [2.45, 2.75) is 24.9 Å². The molecule has 0 saturated carbocycles. The van der Waals surface area contributed by atoms with Gasteiger partial charge in [-0.3, -0.25) is 19.7 Å². The predicted molar refractivity (Wildman–Crippen MR) is 105 cm³/mol. The molecule has 0 spiro atoms. The zero-order valence-electron chi connectivity index (χ0n) is 16.7. The molecule has 1 saturated heterocycles. The van der Waals surface area contributed by atoms with Crippen molar-refractivity contribution in [1.29, 1.82) is 0 Å². The summed E-state index contributed by atoms with van der Waals surface area (Å²) in [6.45, 7) is -0.514. The summed E-state index contributed by atoms with van der Waals surface area (Å²) in [5.41, 5.74) is 1.46. The van der Waals surface area contributed by atoms with Crippen molar-refractivity contribution >= 4 is 11.8 Å². The van der Waals surface area contributed by atoms with Gasteiger partial charge < -0.3 is 14.7 Å². The number of aromatic amines is 1. The number of carbonyl (C=O) groups is 2. The van der Waals surface area contributed by atoms with Crippen molar-refractivity contribution in [3.63, 3.8) is 0 Å². The Hall–Kier alpha value is -3.70. The molecule has 3 aromatic heterocycles. The maximum Gasteiger partial charge on any atom is 0.405 e. The zero-order chi connectivity index (χ0) is 22.7. The molecular formula is C20H19F3N6O3. The normalized spacial score (nSPS) is 15.0. The monoisotopic (exact) mass is 448 g/mol. The number of alkyl halides is 3. The number of nitrogens with zero attached hydrogens (tertiary/aromatic N) is 4. The number of piperidine rings is 1. The summed E-state index contributed by atoms with van der Waals surface area (Å²) in [6, 6.07) is 6.58. The maximum absolute atomic E-state index is 12.8. The van der Waals surface area contributed by atoms with Crippen LogP contribution in [0.25, 0.3) is 11.3 Å². The molecule has 2 amide bonds. The Morgan fingerprint density at radius 1 is 1.22 bits per heavy atom. The van der Waals surface area contributed by atoms with Gasteiger partial charge in [0.25, 0.3) is 11.8 Å². The number of pyridine rings is 1. The molecule has 1 aliphatic rings. The van der Waals surface area contributed by atoms with Crippen molar-refractivity contribution in [2.24, 2.45) is 0 Å². The van der Waals surface area contributed by atoms with Crippen LogP contribution in [-0.4, -0.2) is 62.9 Å². The Morgan fingerprint density at radius 2 is 2.00 bits per heavy atom. The van der Waals surface area contributed by atoms with E-state index in [-0.39, 0.29) is 23.2 Å². The Kier molecular flexibility index (Phi) is 5.93. The number of aromatic nitrogens is 4. The number of rotatable bonds is 5. The standard InChI is InChI=1S/C20H19F3N6O3/c21-20(22,23)11-25-18(30)15-8-14(26-27-15)12-3-6-29(7-4-12)19(31)16-9-17(32-28-16)13-2-1-5-24-10-13/h1-2,5,8-10,12H,3-4,6-7,11H2,(H,25,30)(H,26,27). The average Bonchev–Trinajstić information content (AvgIpc) is 3.48. The molecule has 9 nitrogen and oxygen atoms in total. The number of carbonyl (C=O) groups excluding carboxylic acids is 2. The molecule has 0 aromatic carbocycles. The molecule has 32 heavy (non-hydrogen) atoms. The molecular weight excluding hydrogens is 429 g/mol. The molecule has 168 valence electrons. The third-order valence-corrected chi connectivity index (χ3v) is 5.18. The van der Waals surface area contributed by atoms with Gasteiger partial charge in [-0.15, -0.1) is 0 Å². The first-order chi connectivity index (χ1) is 15.3. The summed E-state index contributed by atoms with van der Waals surface area (Å²) in [7, 11) is 0. The van der Waals surface area contributed by atoms with Gasteiger partial charge in [0.1, 0.15) is 12.2 Å². The summed E-state index contributed by atoms with van der Waals surface area (Å²) < 4.78 is 42.0. The Balaban J connectivity index is 1.33. The molecule has 1 aliphatic heterocycles. The van der Waals surface area contributed by atoms with Crippen LogP contribution in [0, 0.1) is 0 Å². The van der Waals surface area contributed by atoms with Crippen LogP contribution in [0.5, 0.6) is 0 Å². The molecule has 2 N–H and O–H groups in total. The predicted octanol–water partition coefficient (Wildman–Crippen LogP) is 2.77. The molecule has 12 heteroatoms. The van der Waals surface area contributed by atoms with Crippen LogP contribution >= 0.6 is 0 Å². The Labute approximate surface area is 180 Å². The summed E-state index contributed by atoms with van der Waals surface area (Å²) in [4.78, 5) is 30.3. The van der Waals surface area contributed by atoms with Crippen molar-refractivity contribution in [1.82, 2.24) is 30.6 Å². The van der Waals surface area contributed by atoms with Crippen LogP contribution in [0.2, 0.25) is 0 Å². The number of halogens is 3. The topological polar surface area (TPSA) is 117 Å². The number of H-pyrrole nitrogens is 1. The largest absolute Gasteiger partial charge is 0.405 e. The van der Waals surface area contributed by atoms with Crippen molar-refractivity contribution in [3.8, 4) is 11.3 Å². The zero-order valence-corrected chi connectivity index (χ0v) is 16.7. The minimum Gasteiger partial charge on any atom is -0.355 e. The lowest BCUT2D eigenvalue weighted by Gasteiger charge is -2.30. The third-order valence-electron chi connectivity index (χ3n) is 5.18. The van der Waals surface area contributed by atoms with Crippen molar-refractivity contribution in [2.75, 3.05) is 19.6 Å². The van der Waals surface area contributed by atoms with E-state index in [1.54, 1.807) is 40.8 Å². The van der Waals surface area contributed by atoms with Gasteiger partial charge in [-0.2, -0.15) is 18.3 Å². The van der Waals surface area contributed by atoms with Crippen LogP contribution in [0.1, 0.15) is 45.4 Å². The molecule has 0 unspecified atom stereocenters. The highest BCUT2D eigenvalue weighted by Crippen LogP contribution is 2.28. The molecule has 4 rings (SSSR count). The minimum absolute atomic E-state index is 0.000945. The maximum atomic E-state index is 12.8. The molecule has 4 heterocycles. The van der Waals surface area contributed by atoms with E-state index in [9.17, 15) is 22.8 Å². The first kappa shape index (κ1) is 21.5. The Morgan fingerprint density at radius 3 is 2.69 bits per heavy atom. The fraction of sp³-hybridized carbons (Fsp3) is 0.350. The van der Waals surface area contributed by atoms with E-state index in [0.717, 1.165) is 0 Å². The summed E-state index contributed by atoms with van der Waals surface area (Å²) in [5.74, 6) is -0.698. The van der Waals surface area contributed by atoms with E-state index in [1.807, 2.05) is 0 Å². The molecule has 0 radical (unpaired) electrons. The molecule has 0 aliphatic carbocycles. The smallest absolute Gasteiger partial charge is 0.355 e. The quantitative estimate of drug-likeness (QED) is 0.620. The van der Waals surface area contributed by atoms with Crippen molar-refractivity contribution < 1.29 is 27.3 Å². The van der Waals surface area contributed by atoms with Gasteiger partial charge >= 0.3 is 6.18 Å². The minimum atomic E-state index is -4.49. The van der Waals surface area contributed by atoms with E-state index in [4.69, 9.17) is 4.52 Å². The second-order valence-electron chi connectivity index (χ2n) is 7.39.